The first-order valence-corrected chi connectivity index (χ1v) is 6.71. The third kappa shape index (κ3) is 17.2. The monoisotopic (exact) mass is 227 g/mol. The molecule has 1 heteroatoms. The average Bonchev–Trinajstić information content (AvgIpc) is 2.21. The van der Waals surface area contributed by atoms with Gasteiger partial charge in [-0.1, -0.05) is 90.9 Å². The third-order valence-corrected chi connectivity index (χ3v) is 2.85. The van der Waals surface area contributed by atoms with Gasteiger partial charge in [0.2, 0.25) is 0 Å². The van der Waals surface area contributed by atoms with Crippen molar-refractivity contribution >= 4 is 17.4 Å². The van der Waals surface area contributed by atoms with Crippen molar-refractivity contribution in [2.45, 2.75) is 84.0 Å². The molecule has 0 saturated carbocycles. The summed E-state index contributed by atoms with van der Waals surface area (Å²) in [6.45, 7) is 6.14. The lowest BCUT2D eigenvalue weighted by Gasteiger charge is -2.01. The highest BCUT2D eigenvalue weighted by atomic mass is 27.0. The van der Waals surface area contributed by atoms with E-state index in [9.17, 15) is 0 Å². The second kappa shape index (κ2) is 16.9. The maximum atomic E-state index is 3.86. The summed E-state index contributed by atoms with van der Waals surface area (Å²) in [5.41, 5.74) is 0. The van der Waals surface area contributed by atoms with E-state index in [1.807, 2.05) is 0 Å². The van der Waals surface area contributed by atoms with E-state index in [1.54, 1.807) is 0 Å². The fraction of sp³-hybridized carbons (Fsp3) is 0.929. The first-order valence-electron chi connectivity index (χ1n) is 6.71. The fourth-order valence-corrected chi connectivity index (χ4v) is 1.84. The van der Waals surface area contributed by atoms with Crippen LogP contribution in [0, 0.1) is 6.92 Å². The fourth-order valence-electron chi connectivity index (χ4n) is 1.84. The van der Waals surface area contributed by atoms with Crippen LogP contribution >= 0.6 is 0 Å². The van der Waals surface area contributed by atoms with Crippen LogP contribution in [0.15, 0.2) is 0 Å². The molecule has 0 aliphatic heterocycles. The molecule has 0 rings (SSSR count). The van der Waals surface area contributed by atoms with Crippen LogP contribution in [0.1, 0.15) is 84.0 Å². The van der Waals surface area contributed by atoms with E-state index in [-0.39, 0.29) is 17.4 Å². The lowest BCUT2D eigenvalue weighted by atomic mass is 10.1. The summed E-state index contributed by atoms with van der Waals surface area (Å²) in [6.07, 6.45) is 16.9. The predicted octanol–water partition coefficient (Wildman–Crippen LogP) is 4.34. The van der Waals surface area contributed by atoms with Crippen molar-refractivity contribution in [1.82, 2.24) is 0 Å². The molecule has 0 aliphatic rings. The summed E-state index contributed by atoms with van der Waals surface area (Å²) in [4.78, 5) is 0. The molecule has 0 spiro atoms. The molecule has 0 heterocycles. The molecule has 0 aliphatic carbocycles. The molecule has 0 bridgehead atoms. The smallest absolute Gasteiger partial charge is 0.0654 e. The van der Waals surface area contributed by atoms with Crippen molar-refractivity contribution in [1.29, 1.82) is 0 Å². The van der Waals surface area contributed by atoms with Crippen LogP contribution in [0.5, 0.6) is 0 Å². The van der Waals surface area contributed by atoms with E-state index >= 15 is 0 Å². The molecule has 91 valence electrons. The molecule has 0 amide bonds. The average molecular weight is 227 g/mol. The maximum absolute atomic E-state index is 3.86. The maximum Gasteiger partial charge on any atom is 0.187 e. The molecule has 1 radical (unpaired) electrons. The van der Waals surface area contributed by atoms with Gasteiger partial charge in [-0.2, -0.15) is 0 Å². The number of rotatable bonds is 11. The molecule has 0 atom stereocenters. The molecule has 0 aromatic carbocycles. The Morgan fingerprint density at radius 2 is 0.933 bits per heavy atom. The Balaban J connectivity index is 0. The zero-order chi connectivity index (χ0) is 10.5. The molecule has 0 aromatic heterocycles. The quantitative estimate of drug-likeness (QED) is 0.364. The molecule has 0 fully saturated rings. The minimum absolute atomic E-state index is 0. The van der Waals surface area contributed by atoms with Gasteiger partial charge in [-0.15, -0.1) is 0 Å². The van der Waals surface area contributed by atoms with E-state index in [1.165, 1.54) is 70.6 Å². The van der Waals surface area contributed by atoms with Crippen LogP contribution in [-0.4, -0.2) is 17.4 Å². The number of hydrogen-bond acceptors (Lipinski definition) is 0. The standard InChI is InChI=1S/C14H29.Al.3H/c1-3-5-7-9-11-13-14-12-10-8-6-4-2;;;;/h1,3-14H2,2H3;;;;. The lowest BCUT2D eigenvalue weighted by Crippen LogP contribution is -1.81. The van der Waals surface area contributed by atoms with Crippen molar-refractivity contribution in [3.05, 3.63) is 6.92 Å². The zero-order valence-corrected chi connectivity index (χ0v) is 10.2. The minimum atomic E-state index is 0. The molecular formula is C14H32Al. The topological polar surface area (TPSA) is 0 Å². The van der Waals surface area contributed by atoms with E-state index in [0.717, 1.165) is 6.42 Å². The van der Waals surface area contributed by atoms with Crippen molar-refractivity contribution in [3.8, 4) is 0 Å². The van der Waals surface area contributed by atoms with Crippen LogP contribution in [0.25, 0.3) is 0 Å². The Morgan fingerprint density at radius 1 is 0.600 bits per heavy atom. The molecule has 0 unspecified atom stereocenters. The van der Waals surface area contributed by atoms with Gasteiger partial charge < -0.3 is 0 Å². The lowest BCUT2D eigenvalue weighted by molar-refractivity contribution is 0.550. The van der Waals surface area contributed by atoms with Crippen LogP contribution in [0.4, 0.5) is 0 Å². The predicted molar refractivity (Wildman–Crippen MR) is 76.4 cm³/mol. The van der Waals surface area contributed by atoms with Crippen molar-refractivity contribution in [2.75, 3.05) is 0 Å². The van der Waals surface area contributed by atoms with Gasteiger partial charge in [0.05, 0.1) is 0 Å². The SMILES string of the molecule is [AlH3].[CH2]CCCCCCCCCCCCC. The Labute approximate surface area is 108 Å². The second-order valence-corrected chi connectivity index (χ2v) is 4.39. The first kappa shape index (κ1) is 17.9. The van der Waals surface area contributed by atoms with E-state index in [0.29, 0.717) is 0 Å². The zero-order valence-electron chi connectivity index (χ0n) is 10.2. The van der Waals surface area contributed by atoms with Gasteiger partial charge >= 0.3 is 0 Å². The van der Waals surface area contributed by atoms with Gasteiger partial charge in [-0.05, 0) is 0 Å². The Bertz CT molecular complexity index is 79.3. The summed E-state index contributed by atoms with van der Waals surface area (Å²) < 4.78 is 0. The van der Waals surface area contributed by atoms with Gasteiger partial charge in [-0.25, -0.2) is 0 Å². The highest BCUT2D eigenvalue weighted by Gasteiger charge is 1.91. The number of unbranched alkanes of at least 4 members (excludes halogenated alkanes) is 11. The Kier molecular flexibility index (Phi) is 20.2. The van der Waals surface area contributed by atoms with Crippen LogP contribution in [0.3, 0.4) is 0 Å². The summed E-state index contributed by atoms with van der Waals surface area (Å²) in [6, 6.07) is 0. The molecule has 0 aromatic rings. The largest absolute Gasteiger partial charge is 0.187 e. The number of hydrogen-bond donors (Lipinski definition) is 0. The van der Waals surface area contributed by atoms with Gasteiger partial charge in [0.15, 0.2) is 17.4 Å². The van der Waals surface area contributed by atoms with Gasteiger partial charge in [0.25, 0.3) is 0 Å². The Morgan fingerprint density at radius 3 is 1.27 bits per heavy atom. The van der Waals surface area contributed by atoms with Crippen molar-refractivity contribution in [3.63, 3.8) is 0 Å². The van der Waals surface area contributed by atoms with Crippen molar-refractivity contribution in [2.24, 2.45) is 0 Å². The van der Waals surface area contributed by atoms with Crippen LogP contribution in [0.2, 0.25) is 0 Å². The van der Waals surface area contributed by atoms with E-state index in [4.69, 9.17) is 0 Å². The Hall–Kier alpha value is 0.532. The highest BCUT2D eigenvalue weighted by molar-refractivity contribution is 5.75. The molecule has 15 heavy (non-hydrogen) atoms. The molecule has 0 nitrogen and oxygen atoms in total. The summed E-state index contributed by atoms with van der Waals surface area (Å²) in [7, 11) is 0. The minimum Gasteiger partial charge on any atom is -0.0654 e. The van der Waals surface area contributed by atoms with Gasteiger partial charge in [0.1, 0.15) is 0 Å². The molecule has 0 saturated heterocycles. The summed E-state index contributed by atoms with van der Waals surface area (Å²) >= 11 is 0. The summed E-state index contributed by atoms with van der Waals surface area (Å²) in [5, 5.41) is 0. The highest BCUT2D eigenvalue weighted by Crippen LogP contribution is 2.11. The molecule has 0 N–H and O–H groups in total. The normalized spacial score (nSPS) is 10.0. The van der Waals surface area contributed by atoms with Gasteiger partial charge in [-0.3, -0.25) is 0 Å². The van der Waals surface area contributed by atoms with E-state index in [2.05, 4.69) is 13.8 Å². The second-order valence-electron chi connectivity index (χ2n) is 4.39. The van der Waals surface area contributed by atoms with Crippen LogP contribution < -0.4 is 0 Å². The van der Waals surface area contributed by atoms with E-state index < -0.39 is 0 Å². The van der Waals surface area contributed by atoms with Gasteiger partial charge in [0, 0.05) is 0 Å². The summed E-state index contributed by atoms with van der Waals surface area (Å²) in [5.74, 6) is 0. The first-order chi connectivity index (χ1) is 6.91. The molecular weight excluding hydrogens is 195 g/mol. The third-order valence-electron chi connectivity index (χ3n) is 2.85. The van der Waals surface area contributed by atoms with Crippen LogP contribution in [-0.2, 0) is 0 Å². The van der Waals surface area contributed by atoms with Crippen molar-refractivity contribution < 1.29 is 0 Å².